The molecule has 1 saturated carbocycles. The highest BCUT2D eigenvalue weighted by Gasteiger charge is 2.43. The van der Waals surface area contributed by atoms with Gasteiger partial charge in [0.2, 0.25) is 37.9 Å². The summed E-state index contributed by atoms with van der Waals surface area (Å²) < 4.78 is 88.1. The highest BCUT2D eigenvalue weighted by Crippen LogP contribution is 2.43. The van der Waals surface area contributed by atoms with E-state index in [1.54, 1.807) is 87.6 Å². The molecule has 6 aromatic carbocycles. The predicted molar refractivity (Wildman–Crippen MR) is 318 cm³/mol. The van der Waals surface area contributed by atoms with Crippen LogP contribution in [-0.4, -0.2) is 96.4 Å². The number of rotatable bonds is 19. The smallest absolute Gasteiger partial charge is 0.240 e. The average molecular weight is 1180 g/mol. The van der Waals surface area contributed by atoms with Gasteiger partial charge < -0.3 is 30.9 Å². The van der Waals surface area contributed by atoms with E-state index in [2.05, 4.69) is 70.3 Å². The summed E-state index contributed by atoms with van der Waals surface area (Å²) in [5.74, 6) is 0.185. The molecular formula is C58H49N17O6S3. The van der Waals surface area contributed by atoms with Gasteiger partial charge in [0.05, 0.1) is 107 Å². The number of H-pyrrole nitrogens is 3. The topological polar surface area (TPSA) is 326 Å². The molecule has 13 rings (SSSR count). The van der Waals surface area contributed by atoms with Crippen LogP contribution in [0, 0.1) is 0 Å². The number of sulfonamides is 2. The summed E-state index contributed by atoms with van der Waals surface area (Å²) >= 11 is 0. The van der Waals surface area contributed by atoms with Crippen molar-refractivity contribution in [2.24, 2.45) is 0 Å². The van der Waals surface area contributed by atoms with Gasteiger partial charge in [0.25, 0.3) is 0 Å². The molecule has 6 aromatic heterocycles. The summed E-state index contributed by atoms with van der Waals surface area (Å²) in [7, 11) is -11.9. The fraction of sp³-hybridized carbons (Fsp3) is 0.121. The van der Waals surface area contributed by atoms with Crippen LogP contribution in [0.25, 0.3) is 66.9 Å². The van der Waals surface area contributed by atoms with Crippen LogP contribution >= 0.6 is 0 Å². The second kappa shape index (κ2) is 21.5. The molecule has 84 heavy (non-hydrogen) atoms. The normalized spacial score (nSPS) is 14.6. The van der Waals surface area contributed by atoms with E-state index in [0.717, 1.165) is 44.2 Å². The Hall–Kier alpha value is -9.86. The number of fused-ring (bicyclic) bond motifs is 3. The van der Waals surface area contributed by atoms with Crippen molar-refractivity contribution < 1.29 is 25.3 Å². The third-order valence-electron chi connectivity index (χ3n) is 14.1. The van der Waals surface area contributed by atoms with Gasteiger partial charge in [-0.05, 0) is 129 Å². The lowest BCUT2D eigenvalue weighted by molar-refractivity contribution is 0.578. The number of benzene rings is 6. The van der Waals surface area contributed by atoms with E-state index in [1.165, 1.54) is 36.4 Å². The summed E-state index contributed by atoms with van der Waals surface area (Å²) in [5, 5.41) is 8.83. The number of hydrogen-bond acceptors (Lipinski definition) is 18. The van der Waals surface area contributed by atoms with E-state index in [9.17, 15) is 25.3 Å². The zero-order valence-electron chi connectivity index (χ0n) is 44.5. The van der Waals surface area contributed by atoms with Crippen molar-refractivity contribution >= 4 is 97.9 Å². The van der Waals surface area contributed by atoms with E-state index in [0.29, 0.717) is 57.5 Å². The van der Waals surface area contributed by atoms with Crippen molar-refractivity contribution in [1.82, 2.24) is 69.3 Å². The lowest BCUT2D eigenvalue weighted by Gasteiger charge is -2.14. The number of aromatic amines is 3. The quantitative estimate of drug-likeness (QED) is 0.0373. The maximum atomic E-state index is 14.2. The van der Waals surface area contributed by atoms with Gasteiger partial charge in [0.15, 0.2) is 9.84 Å². The zero-order chi connectivity index (χ0) is 57.7. The molecule has 2 atom stereocenters. The largest absolute Gasteiger partial charge is 0.345 e. The van der Waals surface area contributed by atoms with Gasteiger partial charge in [0.1, 0.15) is 0 Å². The fourth-order valence-corrected chi connectivity index (χ4v) is 13.1. The van der Waals surface area contributed by atoms with Crippen LogP contribution in [0.5, 0.6) is 0 Å². The molecule has 0 amide bonds. The van der Waals surface area contributed by atoms with Crippen molar-refractivity contribution in [2.45, 2.75) is 58.7 Å². The van der Waals surface area contributed by atoms with E-state index in [-0.39, 0.29) is 45.0 Å². The third-order valence-corrected chi connectivity index (χ3v) is 19.1. The Bertz CT molecular complexity index is 4880. The zero-order valence-corrected chi connectivity index (χ0v) is 47.0. The molecule has 26 heteroatoms. The highest BCUT2D eigenvalue weighted by atomic mass is 32.2. The molecule has 1 fully saturated rings. The van der Waals surface area contributed by atoms with Gasteiger partial charge in [0, 0.05) is 51.9 Å². The van der Waals surface area contributed by atoms with Gasteiger partial charge in [-0.3, -0.25) is 0 Å². The van der Waals surface area contributed by atoms with E-state index in [1.807, 2.05) is 60.7 Å². The van der Waals surface area contributed by atoms with Crippen LogP contribution in [0.15, 0.2) is 185 Å². The number of imidazole rings is 3. The van der Waals surface area contributed by atoms with Crippen molar-refractivity contribution in [1.29, 1.82) is 0 Å². The third kappa shape index (κ3) is 11.3. The molecule has 0 radical (unpaired) electrons. The van der Waals surface area contributed by atoms with Crippen LogP contribution in [0.2, 0.25) is 0 Å². The number of sulfone groups is 1. The van der Waals surface area contributed by atoms with Gasteiger partial charge in [-0.25, -0.2) is 79.6 Å². The number of anilines is 6. The SMILES string of the molecule is CC(C)S(=O)(=O)c1cccc(Nc2nc(CNS(=O)(=O)c3cccc(Nc4nc(-c5ccc6nc[nH]c6c5)cc(C5CC5NS(=O)(=O)c5cccc(Nc6nccc(-c7ccc8nc[nH]c8c7)n6)c5)n4)c3)cc(-c3ccc4nc[nH]c4c3)n2)c1. The Balaban J connectivity index is 0.734. The van der Waals surface area contributed by atoms with Crippen molar-refractivity contribution in [3.63, 3.8) is 0 Å². The van der Waals surface area contributed by atoms with Crippen LogP contribution in [0.3, 0.4) is 0 Å². The molecule has 6 heterocycles. The van der Waals surface area contributed by atoms with Crippen LogP contribution in [0.1, 0.15) is 37.6 Å². The first kappa shape index (κ1) is 53.5. The van der Waals surface area contributed by atoms with Gasteiger partial charge in [-0.1, -0.05) is 36.4 Å². The van der Waals surface area contributed by atoms with Crippen LogP contribution < -0.4 is 25.4 Å². The Kier molecular flexibility index (Phi) is 13.7. The van der Waals surface area contributed by atoms with Crippen LogP contribution in [0.4, 0.5) is 34.9 Å². The second-order valence-corrected chi connectivity index (χ2v) is 26.2. The highest BCUT2D eigenvalue weighted by molar-refractivity contribution is 7.92. The summed E-state index contributed by atoms with van der Waals surface area (Å²) in [6.07, 6.45) is 6.88. The molecule has 1 aliphatic rings. The number of nitrogens with zero attached hydrogens (tertiary/aromatic N) is 9. The fourth-order valence-electron chi connectivity index (χ4n) is 9.58. The molecule has 12 aromatic rings. The van der Waals surface area contributed by atoms with E-state index < -0.39 is 41.2 Å². The molecule has 0 saturated heterocycles. The molecule has 0 aliphatic heterocycles. The Morgan fingerprint density at radius 1 is 0.488 bits per heavy atom. The van der Waals surface area contributed by atoms with Gasteiger partial charge in [-0.2, -0.15) is 0 Å². The minimum absolute atomic E-state index is 0.0359. The first-order valence-corrected chi connectivity index (χ1v) is 30.8. The molecule has 420 valence electrons. The van der Waals surface area contributed by atoms with Crippen LogP contribution in [-0.2, 0) is 36.4 Å². The summed E-state index contributed by atoms with van der Waals surface area (Å²) in [5.41, 5.74) is 10.8. The van der Waals surface area contributed by atoms with Gasteiger partial charge in [-0.15, -0.1) is 0 Å². The maximum absolute atomic E-state index is 14.2. The average Bonchev–Trinajstić information content (AvgIpc) is 2.84. The monoisotopic (exact) mass is 1180 g/mol. The maximum Gasteiger partial charge on any atom is 0.240 e. The Labute approximate surface area is 480 Å². The molecular weight excluding hydrogens is 1130 g/mol. The molecule has 8 N–H and O–H groups in total. The Morgan fingerprint density at radius 2 is 0.976 bits per heavy atom. The molecule has 0 bridgehead atoms. The first-order chi connectivity index (χ1) is 40.5. The van der Waals surface area contributed by atoms with Crippen molar-refractivity contribution in [3.05, 3.63) is 182 Å². The van der Waals surface area contributed by atoms with Gasteiger partial charge >= 0.3 is 0 Å². The summed E-state index contributed by atoms with van der Waals surface area (Å²) in [4.78, 5) is 50.6. The summed E-state index contributed by atoms with van der Waals surface area (Å²) in [6, 6.07) is 40.6. The molecule has 1 aliphatic carbocycles. The lowest BCUT2D eigenvalue weighted by atomic mass is 10.1. The van der Waals surface area contributed by atoms with E-state index >= 15 is 0 Å². The second-order valence-electron chi connectivity index (χ2n) is 20.2. The lowest BCUT2D eigenvalue weighted by Crippen LogP contribution is -2.27. The minimum Gasteiger partial charge on any atom is -0.345 e. The number of aromatic nitrogens is 12. The molecule has 23 nitrogen and oxygen atoms in total. The first-order valence-electron chi connectivity index (χ1n) is 26.3. The summed E-state index contributed by atoms with van der Waals surface area (Å²) in [6.45, 7) is 2.97. The number of hydrogen-bond donors (Lipinski definition) is 8. The standard InChI is InChI=1S/C58H49N17O6S3/c1-33(2)82(76,77)41-9-3-6-37(23-41)68-57-70-40(26-49(72-57)35-13-16-47-54(21-35)64-31-61-47)29-66-83(78,79)42-10-4-8-39(24-42)69-58-73-50(36-14-17-48-55(22-36)65-32-62-48)28-51(74-58)44-27-52(44)75-84(80,81)43-11-5-7-38(25-43)67-56-59-19-18-45(71-56)34-12-15-46-53(20-34)63-30-60-46/h3-26,28,30-33,44,52,66,75H,27,29H2,1-2H3,(H,60,63)(H,61,64)(H,62,65)(H,59,67,71)(H,68,70,72)(H,69,73,74). The molecule has 0 spiro atoms. The van der Waals surface area contributed by atoms with Crippen molar-refractivity contribution in [3.8, 4) is 33.8 Å². The Morgan fingerprint density at radius 3 is 1.55 bits per heavy atom. The predicted octanol–water partition coefficient (Wildman–Crippen LogP) is 9.41. The number of nitrogens with one attached hydrogen (secondary N) is 8. The van der Waals surface area contributed by atoms with Crippen molar-refractivity contribution in [2.75, 3.05) is 16.0 Å². The van der Waals surface area contributed by atoms with E-state index in [4.69, 9.17) is 15.0 Å². The molecule has 2 unspecified atom stereocenters. The minimum atomic E-state index is -4.21.